The van der Waals surface area contributed by atoms with Crippen molar-refractivity contribution in [1.29, 1.82) is 0 Å². The maximum atomic E-state index is 5.71. The third-order valence-corrected chi connectivity index (χ3v) is 3.46. The number of rotatable bonds is 6. The monoisotopic (exact) mass is 264 g/mol. The topological polar surface area (TPSA) is 33.7 Å². The van der Waals surface area contributed by atoms with Gasteiger partial charge in [0.2, 0.25) is 0 Å². The maximum Gasteiger partial charge on any atom is 0.118 e. The Balaban J connectivity index is 1.63. The lowest BCUT2D eigenvalue weighted by molar-refractivity contribution is -0.0179. The Morgan fingerprint density at radius 1 is 1.37 bits per heavy atom. The van der Waals surface area contributed by atoms with E-state index < -0.39 is 0 Å². The number of nitrogens with zero attached hydrogens (tertiary/aromatic N) is 1. The molecule has 1 N–H and O–H groups in total. The van der Waals surface area contributed by atoms with Crippen molar-refractivity contribution in [1.82, 2.24) is 10.2 Å². The minimum absolute atomic E-state index is 0.328. The molecule has 4 heteroatoms. The van der Waals surface area contributed by atoms with Crippen LogP contribution in [0.5, 0.6) is 5.75 Å². The van der Waals surface area contributed by atoms with E-state index in [0.29, 0.717) is 6.10 Å². The number of ether oxygens (including phenoxy) is 2. The number of hydrogen-bond acceptors (Lipinski definition) is 4. The lowest BCUT2D eigenvalue weighted by Crippen LogP contribution is -2.45. The van der Waals surface area contributed by atoms with Crippen molar-refractivity contribution < 1.29 is 9.47 Å². The third kappa shape index (κ3) is 4.82. The van der Waals surface area contributed by atoms with Crippen molar-refractivity contribution in [3.05, 3.63) is 29.8 Å². The fourth-order valence-electron chi connectivity index (χ4n) is 2.28. The summed E-state index contributed by atoms with van der Waals surface area (Å²) in [5.41, 5.74) is 1.33. The molecule has 0 saturated carbocycles. The molecule has 1 aromatic rings. The average Bonchev–Trinajstić information content (AvgIpc) is 2.44. The number of methoxy groups -OCH3 is 1. The van der Waals surface area contributed by atoms with Crippen LogP contribution in [-0.2, 0) is 11.2 Å². The quantitative estimate of drug-likeness (QED) is 0.782. The summed E-state index contributed by atoms with van der Waals surface area (Å²) in [5.74, 6) is 0.912. The van der Waals surface area contributed by atoms with Crippen LogP contribution in [0.15, 0.2) is 24.3 Å². The minimum Gasteiger partial charge on any atom is -0.497 e. The summed E-state index contributed by atoms with van der Waals surface area (Å²) in [5, 5.41) is 3.47. The van der Waals surface area contributed by atoms with Crippen LogP contribution in [0.3, 0.4) is 0 Å². The van der Waals surface area contributed by atoms with Crippen LogP contribution in [0, 0.1) is 0 Å². The fourth-order valence-corrected chi connectivity index (χ4v) is 2.28. The Bertz CT molecular complexity index is 367. The van der Waals surface area contributed by atoms with Gasteiger partial charge in [0.05, 0.1) is 19.8 Å². The smallest absolute Gasteiger partial charge is 0.118 e. The Hall–Kier alpha value is -1.10. The molecule has 1 aliphatic rings. The Labute approximate surface area is 115 Å². The lowest BCUT2D eigenvalue weighted by Gasteiger charge is -2.30. The van der Waals surface area contributed by atoms with Crippen LogP contribution < -0.4 is 10.1 Å². The average molecular weight is 264 g/mol. The number of likely N-dealkylation sites (N-methyl/N-ethyl adjacent to an activating group) is 1. The SMILES string of the molecule is COc1ccc(CCNCC2CN(C)CCO2)cc1. The molecule has 4 nitrogen and oxygen atoms in total. The summed E-state index contributed by atoms with van der Waals surface area (Å²) in [6, 6.07) is 8.25. The molecule has 1 heterocycles. The third-order valence-electron chi connectivity index (χ3n) is 3.46. The van der Waals surface area contributed by atoms with Crippen molar-refractivity contribution >= 4 is 0 Å². The van der Waals surface area contributed by atoms with E-state index in [4.69, 9.17) is 9.47 Å². The minimum atomic E-state index is 0.328. The Morgan fingerprint density at radius 2 is 2.16 bits per heavy atom. The van der Waals surface area contributed by atoms with Gasteiger partial charge in [-0.05, 0) is 37.7 Å². The van der Waals surface area contributed by atoms with E-state index in [-0.39, 0.29) is 0 Å². The van der Waals surface area contributed by atoms with Gasteiger partial charge in [0.1, 0.15) is 5.75 Å². The standard InChI is InChI=1S/C15H24N2O2/c1-17-9-10-19-15(12-17)11-16-8-7-13-3-5-14(18-2)6-4-13/h3-6,15-16H,7-12H2,1-2H3. The second kappa shape index (κ2) is 7.48. The summed E-state index contributed by atoms with van der Waals surface area (Å²) in [4.78, 5) is 2.32. The van der Waals surface area contributed by atoms with Crippen LogP contribution in [-0.4, -0.2) is 57.9 Å². The van der Waals surface area contributed by atoms with E-state index in [1.165, 1.54) is 5.56 Å². The van der Waals surface area contributed by atoms with Crippen molar-refractivity contribution in [2.75, 3.05) is 46.9 Å². The van der Waals surface area contributed by atoms with E-state index in [1.807, 2.05) is 12.1 Å². The number of benzene rings is 1. The number of hydrogen-bond donors (Lipinski definition) is 1. The van der Waals surface area contributed by atoms with Gasteiger partial charge in [-0.2, -0.15) is 0 Å². The number of morpholine rings is 1. The van der Waals surface area contributed by atoms with Crippen molar-refractivity contribution in [2.24, 2.45) is 0 Å². The molecular weight excluding hydrogens is 240 g/mol. The largest absolute Gasteiger partial charge is 0.497 e. The molecule has 1 aliphatic heterocycles. The Morgan fingerprint density at radius 3 is 2.84 bits per heavy atom. The van der Waals surface area contributed by atoms with Crippen LogP contribution >= 0.6 is 0 Å². The molecule has 0 amide bonds. The van der Waals surface area contributed by atoms with E-state index in [9.17, 15) is 0 Å². The highest BCUT2D eigenvalue weighted by atomic mass is 16.5. The van der Waals surface area contributed by atoms with Crippen LogP contribution in [0.25, 0.3) is 0 Å². The van der Waals surface area contributed by atoms with Gasteiger partial charge in [-0.15, -0.1) is 0 Å². The molecule has 19 heavy (non-hydrogen) atoms. The molecule has 1 unspecified atom stereocenters. The van der Waals surface area contributed by atoms with Gasteiger partial charge >= 0.3 is 0 Å². The summed E-state index contributed by atoms with van der Waals surface area (Å²) in [6.45, 7) is 4.83. The molecule has 1 atom stereocenters. The van der Waals surface area contributed by atoms with E-state index >= 15 is 0 Å². The fraction of sp³-hybridized carbons (Fsp3) is 0.600. The van der Waals surface area contributed by atoms with Crippen LogP contribution in [0.1, 0.15) is 5.56 Å². The molecule has 1 aromatic carbocycles. The second-order valence-electron chi connectivity index (χ2n) is 5.06. The van der Waals surface area contributed by atoms with Crippen molar-refractivity contribution in [3.8, 4) is 5.75 Å². The van der Waals surface area contributed by atoms with E-state index in [0.717, 1.165) is 45.0 Å². The maximum absolute atomic E-state index is 5.71. The molecule has 0 bridgehead atoms. The summed E-state index contributed by atoms with van der Waals surface area (Å²) in [6.07, 6.45) is 1.36. The van der Waals surface area contributed by atoms with E-state index in [1.54, 1.807) is 7.11 Å². The zero-order valence-electron chi connectivity index (χ0n) is 11.9. The highest BCUT2D eigenvalue weighted by Gasteiger charge is 2.16. The molecular formula is C15H24N2O2. The van der Waals surface area contributed by atoms with E-state index in [2.05, 4.69) is 29.4 Å². The second-order valence-corrected chi connectivity index (χ2v) is 5.06. The normalized spacial score (nSPS) is 20.4. The van der Waals surface area contributed by atoms with Crippen molar-refractivity contribution in [2.45, 2.75) is 12.5 Å². The Kier molecular flexibility index (Phi) is 5.63. The zero-order valence-corrected chi connectivity index (χ0v) is 11.9. The molecule has 106 valence electrons. The summed E-state index contributed by atoms with van der Waals surface area (Å²) >= 11 is 0. The molecule has 1 saturated heterocycles. The molecule has 0 spiro atoms. The lowest BCUT2D eigenvalue weighted by atomic mass is 10.1. The summed E-state index contributed by atoms with van der Waals surface area (Å²) < 4.78 is 10.9. The first-order valence-electron chi connectivity index (χ1n) is 6.91. The highest BCUT2D eigenvalue weighted by Crippen LogP contribution is 2.11. The van der Waals surface area contributed by atoms with Crippen LogP contribution in [0.2, 0.25) is 0 Å². The summed E-state index contributed by atoms with van der Waals surface area (Å²) in [7, 11) is 3.84. The van der Waals surface area contributed by atoms with Gasteiger partial charge in [-0.1, -0.05) is 12.1 Å². The zero-order chi connectivity index (χ0) is 13.5. The first-order chi connectivity index (χ1) is 9.28. The molecule has 2 rings (SSSR count). The predicted octanol–water partition coefficient (Wildman–Crippen LogP) is 1.16. The van der Waals surface area contributed by atoms with Gasteiger partial charge in [-0.25, -0.2) is 0 Å². The van der Waals surface area contributed by atoms with Gasteiger partial charge in [-0.3, -0.25) is 0 Å². The molecule has 0 radical (unpaired) electrons. The first kappa shape index (κ1) is 14.3. The number of nitrogens with one attached hydrogen (secondary N) is 1. The molecule has 0 aliphatic carbocycles. The van der Waals surface area contributed by atoms with Gasteiger partial charge < -0.3 is 19.7 Å². The molecule has 1 fully saturated rings. The van der Waals surface area contributed by atoms with Gasteiger partial charge in [0.15, 0.2) is 0 Å². The van der Waals surface area contributed by atoms with Gasteiger partial charge in [0, 0.05) is 19.6 Å². The predicted molar refractivity (Wildman–Crippen MR) is 76.8 cm³/mol. The van der Waals surface area contributed by atoms with Crippen LogP contribution in [0.4, 0.5) is 0 Å². The van der Waals surface area contributed by atoms with Crippen molar-refractivity contribution in [3.63, 3.8) is 0 Å². The molecule has 0 aromatic heterocycles. The van der Waals surface area contributed by atoms with Gasteiger partial charge in [0.25, 0.3) is 0 Å². The first-order valence-corrected chi connectivity index (χ1v) is 6.91. The highest BCUT2D eigenvalue weighted by molar-refractivity contribution is 5.27.